The summed E-state index contributed by atoms with van der Waals surface area (Å²) in [4.78, 5) is 26.9. The number of rotatable bonds is 3. The fourth-order valence-corrected chi connectivity index (χ4v) is 2.48. The first kappa shape index (κ1) is 16.0. The molecule has 5 heteroatoms. The van der Waals surface area contributed by atoms with E-state index in [4.69, 9.17) is 5.73 Å². The van der Waals surface area contributed by atoms with Crippen LogP contribution in [0.15, 0.2) is 0 Å². The summed E-state index contributed by atoms with van der Waals surface area (Å²) in [6, 6.07) is -0.0849. The molecule has 0 aromatic heterocycles. The Morgan fingerprint density at radius 1 is 1.11 bits per heavy atom. The summed E-state index contributed by atoms with van der Waals surface area (Å²) in [5.41, 5.74) is 6.18. The SMILES string of the molecule is CC(=O)N1CCN(C(=O)CC(N)CC(C)(C)C)CC1. The Hall–Kier alpha value is -1.10. The van der Waals surface area contributed by atoms with E-state index in [1.54, 1.807) is 11.8 Å². The number of hydrogen-bond donors (Lipinski definition) is 1. The molecule has 0 saturated carbocycles. The molecule has 2 N–H and O–H groups in total. The van der Waals surface area contributed by atoms with E-state index in [1.807, 2.05) is 4.90 Å². The molecule has 1 atom stereocenters. The van der Waals surface area contributed by atoms with E-state index in [9.17, 15) is 9.59 Å². The average molecular weight is 269 g/mol. The standard InChI is InChI=1S/C14H27N3O2/c1-11(18)16-5-7-17(8-6-16)13(19)9-12(15)10-14(2,3)4/h12H,5-10,15H2,1-4H3. The fraction of sp³-hybridized carbons (Fsp3) is 0.857. The zero-order chi connectivity index (χ0) is 14.6. The molecule has 1 unspecified atom stereocenters. The first-order valence-electron chi connectivity index (χ1n) is 6.98. The maximum Gasteiger partial charge on any atom is 0.224 e. The van der Waals surface area contributed by atoms with E-state index in [2.05, 4.69) is 20.8 Å². The van der Waals surface area contributed by atoms with Gasteiger partial charge in [0.2, 0.25) is 11.8 Å². The first-order valence-corrected chi connectivity index (χ1v) is 6.98. The number of nitrogens with two attached hydrogens (primary N) is 1. The van der Waals surface area contributed by atoms with Crippen LogP contribution in [-0.4, -0.2) is 53.8 Å². The third kappa shape index (κ3) is 5.59. The molecule has 0 spiro atoms. The van der Waals surface area contributed by atoms with Crippen molar-refractivity contribution >= 4 is 11.8 Å². The predicted molar refractivity (Wildman–Crippen MR) is 75.5 cm³/mol. The molecule has 1 rings (SSSR count). The molecule has 19 heavy (non-hydrogen) atoms. The van der Waals surface area contributed by atoms with E-state index < -0.39 is 0 Å². The predicted octanol–water partition coefficient (Wildman–Crippen LogP) is 0.831. The maximum absolute atomic E-state index is 12.1. The second-order valence-electron chi connectivity index (χ2n) is 6.62. The second-order valence-corrected chi connectivity index (χ2v) is 6.62. The largest absolute Gasteiger partial charge is 0.339 e. The molecule has 0 aliphatic carbocycles. The van der Waals surface area contributed by atoms with E-state index in [0.29, 0.717) is 32.6 Å². The van der Waals surface area contributed by atoms with Crippen molar-refractivity contribution < 1.29 is 9.59 Å². The summed E-state index contributed by atoms with van der Waals surface area (Å²) in [7, 11) is 0. The van der Waals surface area contributed by atoms with Gasteiger partial charge in [0.25, 0.3) is 0 Å². The van der Waals surface area contributed by atoms with Crippen LogP contribution < -0.4 is 5.73 Å². The van der Waals surface area contributed by atoms with Crippen LogP contribution in [0.25, 0.3) is 0 Å². The molecule has 0 radical (unpaired) electrons. The number of nitrogens with zero attached hydrogens (tertiary/aromatic N) is 2. The van der Waals surface area contributed by atoms with Gasteiger partial charge in [0.15, 0.2) is 0 Å². The molecule has 1 saturated heterocycles. The number of hydrogen-bond acceptors (Lipinski definition) is 3. The van der Waals surface area contributed by atoms with Gasteiger partial charge in [-0.3, -0.25) is 9.59 Å². The molecule has 0 aromatic carbocycles. The Morgan fingerprint density at radius 3 is 2.00 bits per heavy atom. The summed E-state index contributed by atoms with van der Waals surface area (Å²) >= 11 is 0. The Labute approximate surface area is 116 Å². The molecule has 1 heterocycles. The van der Waals surface area contributed by atoms with Crippen molar-refractivity contribution in [3.05, 3.63) is 0 Å². The van der Waals surface area contributed by atoms with Gasteiger partial charge in [0.1, 0.15) is 0 Å². The minimum Gasteiger partial charge on any atom is -0.339 e. The van der Waals surface area contributed by atoms with Crippen LogP contribution in [0.5, 0.6) is 0 Å². The van der Waals surface area contributed by atoms with Crippen molar-refractivity contribution in [2.45, 2.75) is 46.6 Å². The lowest BCUT2D eigenvalue weighted by Gasteiger charge is -2.35. The lowest BCUT2D eigenvalue weighted by molar-refractivity contribution is -0.138. The Kier molecular flexibility index (Phi) is 5.35. The Morgan fingerprint density at radius 2 is 1.58 bits per heavy atom. The maximum atomic E-state index is 12.1. The van der Waals surface area contributed by atoms with Gasteiger partial charge in [-0.2, -0.15) is 0 Å². The molecular formula is C14H27N3O2. The van der Waals surface area contributed by atoms with Crippen LogP contribution >= 0.6 is 0 Å². The molecule has 1 aliphatic heterocycles. The van der Waals surface area contributed by atoms with Crippen LogP contribution in [0.3, 0.4) is 0 Å². The Bertz CT molecular complexity index is 328. The van der Waals surface area contributed by atoms with E-state index >= 15 is 0 Å². The number of amides is 2. The molecule has 1 aliphatic rings. The minimum atomic E-state index is -0.0849. The average Bonchev–Trinajstić information content (AvgIpc) is 2.26. The molecule has 5 nitrogen and oxygen atoms in total. The number of carbonyl (C=O) groups is 2. The van der Waals surface area contributed by atoms with Gasteiger partial charge in [-0.1, -0.05) is 20.8 Å². The van der Waals surface area contributed by atoms with Crippen LogP contribution in [0, 0.1) is 5.41 Å². The monoisotopic (exact) mass is 269 g/mol. The van der Waals surface area contributed by atoms with Gasteiger partial charge < -0.3 is 15.5 Å². The van der Waals surface area contributed by atoms with Crippen LogP contribution in [0.4, 0.5) is 0 Å². The van der Waals surface area contributed by atoms with Crippen LogP contribution in [0.2, 0.25) is 0 Å². The summed E-state index contributed by atoms with van der Waals surface area (Å²) in [5.74, 6) is 0.191. The third-order valence-electron chi connectivity index (χ3n) is 3.39. The van der Waals surface area contributed by atoms with Gasteiger partial charge in [-0.15, -0.1) is 0 Å². The fourth-order valence-electron chi connectivity index (χ4n) is 2.48. The smallest absolute Gasteiger partial charge is 0.224 e. The topological polar surface area (TPSA) is 66.6 Å². The normalized spacial score (nSPS) is 18.4. The molecular weight excluding hydrogens is 242 g/mol. The summed E-state index contributed by atoms with van der Waals surface area (Å²) in [6.07, 6.45) is 1.24. The quantitative estimate of drug-likeness (QED) is 0.825. The number of carbonyl (C=O) groups excluding carboxylic acids is 2. The van der Waals surface area contributed by atoms with E-state index in [0.717, 1.165) is 6.42 Å². The van der Waals surface area contributed by atoms with E-state index in [1.165, 1.54) is 0 Å². The minimum absolute atomic E-state index is 0.0801. The van der Waals surface area contributed by atoms with Gasteiger partial charge in [0.05, 0.1) is 0 Å². The highest BCUT2D eigenvalue weighted by atomic mass is 16.2. The van der Waals surface area contributed by atoms with Crippen molar-refractivity contribution in [3.8, 4) is 0 Å². The van der Waals surface area contributed by atoms with Gasteiger partial charge >= 0.3 is 0 Å². The lowest BCUT2D eigenvalue weighted by atomic mass is 9.87. The lowest BCUT2D eigenvalue weighted by Crippen LogP contribution is -2.51. The second kappa shape index (κ2) is 6.37. The van der Waals surface area contributed by atoms with Gasteiger partial charge in [-0.05, 0) is 11.8 Å². The highest BCUT2D eigenvalue weighted by molar-refractivity contribution is 5.78. The number of piperazine rings is 1. The zero-order valence-electron chi connectivity index (χ0n) is 12.6. The summed E-state index contributed by atoms with van der Waals surface area (Å²) in [5, 5.41) is 0. The van der Waals surface area contributed by atoms with E-state index in [-0.39, 0.29) is 23.3 Å². The summed E-state index contributed by atoms with van der Waals surface area (Å²) in [6.45, 7) is 10.5. The van der Waals surface area contributed by atoms with Gasteiger partial charge in [0, 0.05) is 45.6 Å². The third-order valence-corrected chi connectivity index (χ3v) is 3.39. The highest BCUT2D eigenvalue weighted by Gasteiger charge is 2.25. The van der Waals surface area contributed by atoms with Crippen molar-refractivity contribution in [2.24, 2.45) is 11.1 Å². The molecule has 0 aromatic rings. The molecule has 2 amide bonds. The highest BCUT2D eigenvalue weighted by Crippen LogP contribution is 2.21. The Balaban J connectivity index is 2.37. The molecule has 0 bridgehead atoms. The van der Waals surface area contributed by atoms with Crippen LogP contribution in [0.1, 0.15) is 40.5 Å². The first-order chi connectivity index (χ1) is 8.69. The van der Waals surface area contributed by atoms with Crippen molar-refractivity contribution in [2.75, 3.05) is 26.2 Å². The van der Waals surface area contributed by atoms with Gasteiger partial charge in [-0.25, -0.2) is 0 Å². The molecule has 1 fully saturated rings. The van der Waals surface area contributed by atoms with Crippen molar-refractivity contribution in [1.29, 1.82) is 0 Å². The van der Waals surface area contributed by atoms with Crippen molar-refractivity contribution in [1.82, 2.24) is 9.80 Å². The molecule has 110 valence electrons. The summed E-state index contributed by atoms with van der Waals surface area (Å²) < 4.78 is 0. The zero-order valence-corrected chi connectivity index (χ0v) is 12.6. The van der Waals surface area contributed by atoms with Crippen molar-refractivity contribution in [3.63, 3.8) is 0 Å². The van der Waals surface area contributed by atoms with Crippen LogP contribution in [-0.2, 0) is 9.59 Å².